The van der Waals surface area contributed by atoms with Crippen LogP contribution >= 0.6 is 23.8 Å². The van der Waals surface area contributed by atoms with E-state index >= 15 is 0 Å². The minimum atomic E-state index is 0.130. The van der Waals surface area contributed by atoms with Crippen LogP contribution < -0.4 is 10.5 Å². The fraction of sp³-hybridized carbons (Fsp3) is 0.500. The van der Waals surface area contributed by atoms with E-state index in [1.54, 1.807) is 25.3 Å². The lowest BCUT2D eigenvalue weighted by atomic mass is 9.95. The summed E-state index contributed by atoms with van der Waals surface area (Å²) in [6, 6.07) is 5.34. The first-order chi connectivity index (χ1) is 9.10. The summed E-state index contributed by atoms with van der Waals surface area (Å²) in [6.45, 7) is 0. The third-order valence-electron chi connectivity index (χ3n) is 3.41. The van der Waals surface area contributed by atoms with Gasteiger partial charge in [-0.1, -0.05) is 23.8 Å². The summed E-state index contributed by atoms with van der Waals surface area (Å²) in [5.74, 6) is 0.668. The SMILES string of the molecule is COC1CCCC(Oc2cc(Cl)ccc2C(N)=S)C1. The molecule has 0 spiro atoms. The van der Waals surface area contributed by atoms with Gasteiger partial charge in [-0.25, -0.2) is 0 Å². The van der Waals surface area contributed by atoms with Crippen LogP contribution in [0.3, 0.4) is 0 Å². The quantitative estimate of drug-likeness (QED) is 0.866. The van der Waals surface area contributed by atoms with E-state index in [1.807, 2.05) is 0 Å². The average Bonchev–Trinajstić information content (AvgIpc) is 2.38. The summed E-state index contributed by atoms with van der Waals surface area (Å²) in [4.78, 5) is 0.325. The number of thiocarbonyl (C=S) groups is 1. The lowest BCUT2D eigenvalue weighted by molar-refractivity contribution is 0.0209. The van der Waals surface area contributed by atoms with E-state index in [4.69, 9.17) is 39.0 Å². The molecule has 0 aliphatic heterocycles. The molecule has 0 aromatic heterocycles. The highest BCUT2D eigenvalue weighted by Gasteiger charge is 2.24. The number of hydrogen-bond acceptors (Lipinski definition) is 3. The zero-order valence-corrected chi connectivity index (χ0v) is 12.5. The monoisotopic (exact) mass is 299 g/mol. The molecule has 5 heteroatoms. The van der Waals surface area contributed by atoms with Gasteiger partial charge in [-0.15, -0.1) is 0 Å². The topological polar surface area (TPSA) is 44.5 Å². The molecule has 19 heavy (non-hydrogen) atoms. The second-order valence-electron chi connectivity index (χ2n) is 4.77. The Hall–Kier alpha value is -0.840. The Labute approximate surface area is 124 Å². The number of hydrogen-bond donors (Lipinski definition) is 1. The fourth-order valence-electron chi connectivity index (χ4n) is 2.40. The molecule has 0 amide bonds. The molecule has 1 aromatic rings. The van der Waals surface area contributed by atoms with Gasteiger partial charge in [0.1, 0.15) is 16.8 Å². The molecule has 0 bridgehead atoms. The zero-order chi connectivity index (χ0) is 13.8. The third-order valence-corrected chi connectivity index (χ3v) is 3.87. The van der Waals surface area contributed by atoms with Gasteiger partial charge >= 0.3 is 0 Å². The van der Waals surface area contributed by atoms with Crippen molar-refractivity contribution in [3.63, 3.8) is 0 Å². The van der Waals surface area contributed by atoms with Crippen molar-refractivity contribution in [1.82, 2.24) is 0 Å². The van der Waals surface area contributed by atoms with Gasteiger partial charge in [-0.05, 0) is 37.5 Å². The molecule has 2 rings (SSSR count). The predicted octanol–water partition coefficient (Wildman–Crippen LogP) is 3.31. The summed E-state index contributed by atoms with van der Waals surface area (Å²) < 4.78 is 11.4. The van der Waals surface area contributed by atoms with Gasteiger partial charge in [0.05, 0.1) is 11.7 Å². The molecular formula is C14H18ClNO2S. The molecule has 1 fully saturated rings. The predicted molar refractivity (Wildman–Crippen MR) is 81.0 cm³/mol. The van der Waals surface area contributed by atoms with Crippen LogP contribution in [-0.2, 0) is 4.74 Å². The molecule has 1 aromatic carbocycles. The van der Waals surface area contributed by atoms with E-state index in [2.05, 4.69) is 0 Å². The maximum absolute atomic E-state index is 6.03. The van der Waals surface area contributed by atoms with Crippen LogP contribution in [0.5, 0.6) is 5.75 Å². The van der Waals surface area contributed by atoms with Gasteiger partial charge in [0.15, 0.2) is 0 Å². The van der Waals surface area contributed by atoms with Crippen LogP contribution in [0.2, 0.25) is 5.02 Å². The molecule has 0 radical (unpaired) electrons. The largest absolute Gasteiger partial charge is 0.490 e. The number of benzene rings is 1. The molecule has 3 nitrogen and oxygen atoms in total. The Bertz CT molecular complexity index is 467. The Morgan fingerprint density at radius 1 is 1.37 bits per heavy atom. The van der Waals surface area contributed by atoms with Gasteiger partial charge in [0, 0.05) is 18.6 Å². The average molecular weight is 300 g/mol. The van der Waals surface area contributed by atoms with Crippen molar-refractivity contribution in [3.8, 4) is 5.75 Å². The molecule has 0 saturated heterocycles. The first-order valence-electron chi connectivity index (χ1n) is 6.39. The molecule has 1 aliphatic rings. The fourth-order valence-corrected chi connectivity index (χ4v) is 2.73. The van der Waals surface area contributed by atoms with E-state index in [-0.39, 0.29) is 12.2 Å². The van der Waals surface area contributed by atoms with Crippen LogP contribution in [-0.4, -0.2) is 24.3 Å². The van der Waals surface area contributed by atoms with Crippen molar-refractivity contribution >= 4 is 28.8 Å². The van der Waals surface area contributed by atoms with Crippen molar-refractivity contribution in [3.05, 3.63) is 28.8 Å². The van der Waals surface area contributed by atoms with Gasteiger partial charge < -0.3 is 15.2 Å². The second kappa shape index (κ2) is 6.55. The summed E-state index contributed by atoms with van der Waals surface area (Å²) >= 11 is 11.0. The van der Waals surface area contributed by atoms with Crippen LogP contribution in [0.1, 0.15) is 31.2 Å². The smallest absolute Gasteiger partial charge is 0.131 e. The Kier molecular flexibility index (Phi) is 5.02. The molecule has 2 atom stereocenters. The van der Waals surface area contributed by atoms with E-state index in [0.29, 0.717) is 15.8 Å². The Balaban J connectivity index is 2.13. The van der Waals surface area contributed by atoms with Crippen LogP contribution in [0.25, 0.3) is 0 Å². The highest BCUT2D eigenvalue weighted by Crippen LogP contribution is 2.29. The number of nitrogens with two attached hydrogens (primary N) is 1. The summed E-state index contributed by atoms with van der Waals surface area (Å²) in [5, 5.41) is 0.620. The first kappa shape index (κ1) is 14.6. The van der Waals surface area contributed by atoms with Crippen LogP contribution in [0.4, 0.5) is 0 Å². The molecule has 1 aliphatic carbocycles. The van der Waals surface area contributed by atoms with E-state index in [0.717, 1.165) is 31.2 Å². The highest BCUT2D eigenvalue weighted by atomic mass is 35.5. The van der Waals surface area contributed by atoms with E-state index in [1.165, 1.54) is 0 Å². The number of rotatable bonds is 4. The van der Waals surface area contributed by atoms with Crippen LogP contribution in [0, 0.1) is 0 Å². The van der Waals surface area contributed by atoms with E-state index < -0.39 is 0 Å². The van der Waals surface area contributed by atoms with Gasteiger partial charge in [0.25, 0.3) is 0 Å². The summed E-state index contributed by atoms with van der Waals surface area (Å²) in [6.07, 6.45) is 4.50. The van der Waals surface area contributed by atoms with Crippen molar-refractivity contribution in [2.75, 3.05) is 7.11 Å². The first-order valence-corrected chi connectivity index (χ1v) is 7.17. The molecule has 2 unspecified atom stereocenters. The Morgan fingerprint density at radius 2 is 2.11 bits per heavy atom. The van der Waals surface area contributed by atoms with Crippen molar-refractivity contribution in [2.45, 2.75) is 37.9 Å². The number of ether oxygens (including phenoxy) is 2. The van der Waals surface area contributed by atoms with E-state index in [9.17, 15) is 0 Å². The van der Waals surface area contributed by atoms with Gasteiger partial charge in [0.2, 0.25) is 0 Å². The third kappa shape index (κ3) is 3.81. The molecule has 104 valence electrons. The normalized spacial score (nSPS) is 23.1. The maximum atomic E-state index is 6.03. The number of halogens is 1. The molecule has 2 N–H and O–H groups in total. The number of methoxy groups -OCH3 is 1. The minimum absolute atomic E-state index is 0.130. The standard InChI is InChI=1S/C14H18ClNO2S/c1-17-10-3-2-4-11(8-10)18-13-7-9(15)5-6-12(13)14(16)19/h5-7,10-11H,2-4,8H2,1H3,(H2,16,19). The Morgan fingerprint density at radius 3 is 2.79 bits per heavy atom. The lowest BCUT2D eigenvalue weighted by Crippen LogP contribution is -2.30. The molecular weight excluding hydrogens is 282 g/mol. The minimum Gasteiger partial charge on any atom is -0.490 e. The maximum Gasteiger partial charge on any atom is 0.131 e. The lowest BCUT2D eigenvalue weighted by Gasteiger charge is -2.29. The van der Waals surface area contributed by atoms with Crippen molar-refractivity contribution in [1.29, 1.82) is 0 Å². The zero-order valence-electron chi connectivity index (χ0n) is 10.9. The van der Waals surface area contributed by atoms with Crippen molar-refractivity contribution < 1.29 is 9.47 Å². The van der Waals surface area contributed by atoms with Gasteiger partial charge in [-0.2, -0.15) is 0 Å². The molecule has 1 saturated carbocycles. The summed E-state index contributed by atoms with van der Waals surface area (Å²) in [7, 11) is 1.74. The van der Waals surface area contributed by atoms with Crippen LogP contribution in [0.15, 0.2) is 18.2 Å². The van der Waals surface area contributed by atoms with Gasteiger partial charge in [-0.3, -0.25) is 0 Å². The summed E-state index contributed by atoms with van der Waals surface area (Å²) in [5.41, 5.74) is 6.44. The second-order valence-corrected chi connectivity index (χ2v) is 5.65. The van der Waals surface area contributed by atoms with Crippen molar-refractivity contribution in [2.24, 2.45) is 5.73 Å². The molecule has 0 heterocycles. The highest BCUT2D eigenvalue weighted by molar-refractivity contribution is 7.80.